The molecule has 2 atom stereocenters. The molecule has 0 unspecified atom stereocenters. The predicted molar refractivity (Wildman–Crippen MR) is 162 cm³/mol. The Balaban J connectivity index is 1.19. The zero-order valence-electron chi connectivity index (χ0n) is 24.8. The van der Waals surface area contributed by atoms with Crippen LogP contribution >= 0.6 is 0 Å². The van der Waals surface area contributed by atoms with E-state index in [-0.39, 0.29) is 6.10 Å². The van der Waals surface area contributed by atoms with Gasteiger partial charge in [-0.1, -0.05) is 30.3 Å². The molecule has 0 radical (unpaired) electrons. The van der Waals surface area contributed by atoms with Crippen molar-refractivity contribution < 1.29 is 24.1 Å². The third-order valence-electron chi connectivity index (χ3n) is 9.18. The largest absolute Gasteiger partial charge is 0.488 e. The zero-order valence-corrected chi connectivity index (χ0v) is 24.8. The molecule has 0 bridgehead atoms. The molecule has 3 aromatic rings. The van der Waals surface area contributed by atoms with Crippen LogP contribution in [0.15, 0.2) is 48.5 Å². The second-order valence-corrected chi connectivity index (χ2v) is 11.9. The average molecular weight is 572 g/mol. The number of hydrogen-bond acceptors (Lipinski definition) is 7. The molecule has 2 aromatic carbocycles. The van der Waals surface area contributed by atoms with Crippen LogP contribution in [0, 0.1) is 19.8 Å². The van der Waals surface area contributed by atoms with Gasteiger partial charge in [0.1, 0.15) is 18.2 Å². The molecule has 0 aliphatic carbocycles. The Morgan fingerprint density at radius 1 is 1.05 bits per heavy atom. The second kappa shape index (κ2) is 12.4. The van der Waals surface area contributed by atoms with Gasteiger partial charge in [0.15, 0.2) is 0 Å². The van der Waals surface area contributed by atoms with Gasteiger partial charge >= 0.3 is 5.97 Å². The van der Waals surface area contributed by atoms with Gasteiger partial charge < -0.3 is 24.2 Å². The molecule has 4 heterocycles. The van der Waals surface area contributed by atoms with Crippen LogP contribution in [0.3, 0.4) is 0 Å². The molecule has 8 heteroatoms. The molecule has 1 aromatic heterocycles. The summed E-state index contributed by atoms with van der Waals surface area (Å²) in [5, 5.41) is 9.57. The molecule has 6 rings (SSSR count). The van der Waals surface area contributed by atoms with Crippen molar-refractivity contribution in [1.82, 2.24) is 9.88 Å². The molecule has 3 aliphatic rings. The Morgan fingerprint density at radius 2 is 1.86 bits per heavy atom. The summed E-state index contributed by atoms with van der Waals surface area (Å²) < 4.78 is 17.7. The van der Waals surface area contributed by atoms with E-state index in [9.17, 15) is 9.90 Å². The van der Waals surface area contributed by atoms with E-state index in [4.69, 9.17) is 19.2 Å². The van der Waals surface area contributed by atoms with Crippen LogP contribution in [0.2, 0.25) is 0 Å². The summed E-state index contributed by atoms with van der Waals surface area (Å²) in [7, 11) is 1.58. The number of carbonyl (C=O) groups is 1. The van der Waals surface area contributed by atoms with Gasteiger partial charge in [0.2, 0.25) is 0 Å². The van der Waals surface area contributed by atoms with Gasteiger partial charge in [-0.15, -0.1) is 0 Å². The maximum atomic E-state index is 11.7. The summed E-state index contributed by atoms with van der Waals surface area (Å²) in [4.78, 5) is 21.4. The number of carboxylic acid groups (broad SMARTS) is 1. The van der Waals surface area contributed by atoms with Crippen molar-refractivity contribution in [2.75, 3.05) is 38.3 Å². The normalized spacial score (nSPS) is 21.4. The second-order valence-electron chi connectivity index (χ2n) is 11.9. The quantitative estimate of drug-likeness (QED) is 0.387. The van der Waals surface area contributed by atoms with Crippen molar-refractivity contribution in [3.05, 3.63) is 76.3 Å². The van der Waals surface area contributed by atoms with Crippen LogP contribution in [0.25, 0.3) is 11.3 Å². The topological polar surface area (TPSA) is 84.4 Å². The third-order valence-corrected chi connectivity index (χ3v) is 9.18. The molecule has 8 nitrogen and oxygen atoms in total. The summed E-state index contributed by atoms with van der Waals surface area (Å²) >= 11 is 0. The van der Waals surface area contributed by atoms with E-state index in [0.717, 1.165) is 67.5 Å². The summed E-state index contributed by atoms with van der Waals surface area (Å²) in [6, 6.07) is 17.4. The first kappa shape index (κ1) is 28.6. The van der Waals surface area contributed by atoms with Gasteiger partial charge in [-0.3, -0.25) is 9.69 Å². The zero-order chi connectivity index (χ0) is 29.2. The van der Waals surface area contributed by atoms with Crippen molar-refractivity contribution in [3.8, 4) is 17.0 Å². The van der Waals surface area contributed by atoms with Crippen LogP contribution in [-0.2, 0) is 34.0 Å². The molecule has 0 amide bonds. The maximum absolute atomic E-state index is 11.7. The molecular formula is C34H41N3O5. The minimum Gasteiger partial charge on any atom is -0.488 e. The van der Waals surface area contributed by atoms with Crippen LogP contribution in [0.1, 0.15) is 47.1 Å². The van der Waals surface area contributed by atoms with E-state index >= 15 is 0 Å². The van der Waals surface area contributed by atoms with Gasteiger partial charge in [0.25, 0.3) is 0 Å². The Labute approximate surface area is 248 Å². The molecule has 2 saturated heterocycles. The minimum absolute atomic E-state index is 0.376. The molecule has 3 aliphatic heterocycles. The maximum Gasteiger partial charge on any atom is 0.309 e. The van der Waals surface area contributed by atoms with Gasteiger partial charge in [-0.2, -0.15) is 0 Å². The number of piperidine rings is 1. The number of aryl methyl sites for hydroxylation is 2. The van der Waals surface area contributed by atoms with Crippen LogP contribution in [0.5, 0.6) is 5.75 Å². The highest BCUT2D eigenvalue weighted by atomic mass is 16.5. The first-order valence-electron chi connectivity index (χ1n) is 15.0. The number of carboxylic acids is 1. The number of anilines is 1. The van der Waals surface area contributed by atoms with Crippen molar-refractivity contribution in [2.45, 2.75) is 65.0 Å². The van der Waals surface area contributed by atoms with Gasteiger partial charge in [0, 0.05) is 58.1 Å². The number of nitrogens with zero attached hydrogens (tertiary/aromatic N) is 3. The lowest BCUT2D eigenvalue weighted by molar-refractivity contribution is -0.147. The van der Waals surface area contributed by atoms with Gasteiger partial charge in [-0.05, 0) is 79.1 Å². The van der Waals surface area contributed by atoms with Crippen LogP contribution in [0.4, 0.5) is 5.82 Å². The Bertz CT molecular complexity index is 1440. The number of benzene rings is 2. The van der Waals surface area contributed by atoms with Crippen molar-refractivity contribution >= 4 is 11.8 Å². The van der Waals surface area contributed by atoms with Crippen molar-refractivity contribution in [3.63, 3.8) is 0 Å². The standard InChI is InChI=1S/C34H41N3O5/c1-22-6-4-7-27(30-8-5-9-32(35-30)36-13-10-28(34(38)39)31(20-36)40-3)33(22)42-21-24-16-23(2)29-19-37(18-25(29)17-24)26-11-14-41-15-12-26/h4-9,16-17,26,28,31H,10-15,18-21H2,1-3H3,(H,38,39)/t28-,31+/m0/s1. The van der Waals surface area contributed by atoms with E-state index in [1.165, 1.54) is 22.3 Å². The lowest BCUT2D eigenvalue weighted by Crippen LogP contribution is -2.47. The van der Waals surface area contributed by atoms with E-state index in [1.54, 1.807) is 7.11 Å². The fraction of sp³-hybridized carbons (Fsp3) is 0.471. The number of fused-ring (bicyclic) bond motifs is 1. The number of methoxy groups -OCH3 is 1. The number of pyridine rings is 1. The molecule has 1 N–H and O–H groups in total. The van der Waals surface area contributed by atoms with E-state index in [1.807, 2.05) is 24.3 Å². The summed E-state index contributed by atoms with van der Waals surface area (Å²) in [5.74, 6) is 0.344. The Kier molecular flexibility index (Phi) is 8.47. The Hall–Kier alpha value is -3.46. The van der Waals surface area contributed by atoms with E-state index in [2.05, 4.69) is 47.9 Å². The highest BCUT2D eigenvalue weighted by molar-refractivity contribution is 5.72. The van der Waals surface area contributed by atoms with Crippen molar-refractivity contribution in [2.24, 2.45) is 5.92 Å². The first-order chi connectivity index (χ1) is 20.4. The SMILES string of the molecule is CO[C@@H]1CN(c2cccc(-c3cccc(C)c3OCc3cc(C)c4c(c3)CN(C3CCOCC3)C4)n2)CC[C@@H]1C(=O)O. The van der Waals surface area contributed by atoms with Gasteiger partial charge in [0.05, 0.1) is 17.7 Å². The summed E-state index contributed by atoms with van der Waals surface area (Å²) in [5.41, 5.74) is 8.24. The molecule has 0 saturated carbocycles. The minimum atomic E-state index is -0.806. The lowest BCUT2D eigenvalue weighted by Gasteiger charge is -2.36. The summed E-state index contributed by atoms with van der Waals surface area (Å²) in [6.07, 6.45) is 2.37. The van der Waals surface area contributed by atoms with E-state index in [0.29, 0.717) is 32.2 Å². The molecular weight excluding hydrogens is 530 g/mol. The summed E-state index contributed by atoms with van der Waals surface area (Å²) in [6.45, 7) is 9.64. The lowest BCUT2D eigenvalue weighted by atomic mass is 9.94. The highest BCUT2D eigenvalue weighted by Crippen LogP contribution is 2.36. The number of aromatic nitrogens is 1. The Morgan fingerprint density at radius 3 is 2.64 bits per heavy atom. The van der Waals surface area contributed by atoms with Crippen LogP contribution < -0.4 is 9.64 Å². The number of rotatable bonds is 8. The fourth-order valence-electron chi connectivity index (χ4n) is 6.80. The monoisotopic (exact) mass is 571 g/mol. The number of ether oxygens (including phenoxy) is 3. The smallest absolute Gasteiger partial charge is 0.309 e. The molecule has 2 fully saturated rings. The third kappa shape index (κ3) is 5.89. The average Bonchev–Trinajstić information content (AvgIpc) is 3.45. The van der Waals surface area contributed by atoms with Crippen LogP contribution in [-0.4, -0.2) is 66.5 Å². The number of para-hydroxylation sites is 1. The number of hydrogen-bond donors (Lipinski definition) is 1. The first-order valence-corrected chi connectivity index (χ1v) is 15.0. The fourth-order valence-corrected chi connectivity index (χ4v) is 6.80. The van der Waals surface area contributed by atoms with Gasteiger partial charge in [-0.25, -0.2) is 4.98 Å². The van der Waals surface area contributed by atoms with E-state index < -0.39 is 11.9 Å². The molecule has 222 valence electrons. The predicted octanol–water partition coefficient (Wildman–Crippen LogP) is 5.36. The number of aliphatic carboxylic acids is 1. The molecule has 42 heavy (non-hydrogen) atoms. The highest BCUT2D eigenvalue weighted by Gasteiger charge is 2.35. The molecule has 0 spiro atoms. The van der Waals surface area contributed by atoms with Crippen molar-refractivity contribution in [1.29, 1.82) is 0 Å².